The fourth-order valence-electron chi connectivity index (χ4n) is 4.08. The van der Waals surface area contributed by atoms with Gasteiger partial charge in [0.15, 0.2) is 0 Å². The van der Waals surface area contributed by atoms with Gasteiger partial charge in [-0.05, 0) is 75.0 Å². The van der Waals surface area contributed by atoms with Crippen LogP contribution in [0.1, 0.15) is 55.3 Å². The number of likely N-dealkylation sites (N-methyl/N-ethyl adjacent to an activating group) is 1. The highest BCUT2D eigenvalue weighted by atomic mass is 35.5. The molecule has 1 aromatic carbocycles. The molecular formula is C21H29ClN2O4. The Morgan fingerprint density at radius 2 is 1.93 bits per heavy atom. The standard InChI is InChI=1S/C21H29ClN2O4/c1-24(15-3-2-4-15)20(25)19(23)14-7-5-13(6-8-14)12-28-16-9-10-18(22)17(11-16)21(26)27/h9-11,13-15,19H,2-8,12,23H2,1H3,(H,26,27)/t13?,14?,19-/m0/s1. The van der Waals surface area contributed by atoms with Crippen LogP contribution in [0.25, 0.3) is 0 Å². The molecule has 2 saturated carbocycles. The van der Waals surface area contributed by atoms with Crippen LogP contribution in [-0.4, -0.2) is 47.6 Å². The van der Waals surface area contributed by atoms with Crippen LogP contribution in [0.15, 0.2) is 18.2 Å². The first-order valence-corrected chi connectivity index (χ1v) is 10.4. The zero-order chi connectivity index (χ0) is 20.3. The van der Waals surface area contributed by atoms with Crippen molar-refractivity contribution in [2.45, 2.75) is 57.0 Å². The molecule has 2 aliphatic carbocycles. The number of hydrogen-bond acceptors (Lipinski definition) is 4. The molecule has 0 spiro atoms. The molecule has 0 heterocycles. The minimum atomic E-state index is -1.07. The maximum Gasteiger partial charge on any atom is 0.337 e. The van der Waals surface area contributed by atoms with E-state index in [1.807, 2.05) is 11.9 Å². The lowest BCUT2D eigenvalue weighted by Crippen LogP contribution is -2.52. The van der Waals surface area contributed by atoms with Gasteiger partial charge in [-0.25, -0.2) is 4.79 Å². The minimum absolute atomic E-state index is 0.0444. The summed E-state index contributed by atoms with van der Waals surface area (Å²) in [5.41, 5.74) is 6.33. The molecule has 6 nitrogen and oxygen atoms in total. The number of benzene rings is 1. The van der Waals surface area contributed by atoms with Gasteiger partial charge in [0.25, 0.3) is 0 Å². The SMILES string of the molecule is CN(C(=O)[C@@H](N)C1CCC(COc2ccc(Cl)c(C(=O)O)c2)CC1)C1CCC1. The molecule has 7 heteroatoms. The molecule has 3 rings (SSSR count). The summed E-state index contributed by atoms with van der Waals surface area (Å²) in [6.07, 6.45) is 7.13. The zero-order valence-corrected chi connectivity index (χ0v) is 17.0. The van der Waals surface area contributed by atoms with Crippen LogP contribution in [-0.2, 0) is 4.79 Å². The van der Waals surface area contributed by atoms with E-state index in [2.05, 4.69) is 0 Å². The number of nitrogens with zero attached hydrogens (tertiary/aromatic N) is 1. The normalized spacial score (nSPS) is 23.5. The van der Waals surface area contributed by atoms with E-state index in [1.54, 1.807) is 12.1 Å². The molecule has 1 atom stereocenters. The molecule has 1 amide bonds. The van der Waals surface area contributed by atoms with Crippen LogP contribution in [0.5, 0.6) is 5.75 Å². The Morgan fingerprint density at radius 1 is 1.25 bits per heavy atom. The number of hydrogen-bond donors (Lipinski definition) is 2. The van der Waals surface area contributed by atoms with Crippen molar-refractivity contribution in [3.63, 3.8) is 0 Å². The Morgan fingerprint density at radius 3 is 2.50 bits per heavy atom. The predicted molar refractivity (Wildman–Crippen MR) is 108 cm³/mol. The average molecular weight is 409 g/mol. The number of aromatic carboxylic acids is 1. The van der Waals surface area contributed by atoms with Crippen molar-refractivity contribution in [3.05, 3.63) is 28.8 Å². The number of amides is 1. The quantitative estimate of drug-likeness (QED) is 0.719. The Labute approximate surface area is 171 Å². The molecule has 0 radical (unpaired) electrons. The molecule has 1 aromatic rings. The number of halogens is 1. The van der Waals surface area contributed by atoms with Crippen molar-refractivity contribution >= 4 is 23.5 Å². The fourth-order valence-corrected chi connectivity index (χ4v) is 4.28. The number of carboxylic acid groups (broad SMARTS) is 1. The summed E-state index contributed by atoms with van der Waals surface area (Å²) in [6.45, 7) is 0.526. The molecule has 154 valence electrons. The Hall–Kier alpha value is -1.79. The highest BCUT2D eigenvalue weighted by Crippen LogP contribution is 2.33. The number of rotatable bonds is 7. The summed E-state index contributed by atoms with van der Waals surface area (Å²) in [7, 11) is 1.88. The highest BCUT2D eigenvalue weighted by Gasteiger charge is 2.34. The molecule has 2 fully saturated rings. The number of carbonyl (C=O) groups excluding carboxylic acids is 1. The summed E-state index contributed by atoms with van der Waals surface area (Å²) in [4.78, 5) is 25.6. The van der Waals surface area contributed by atoms with Crippen LogP contribution in [0.2, 0.25) is 5.02 Å². The topological polar surface area (TPSA) is 92.9 Å². The van der Waals surface area contributed by atoms with E-state index in [0.717, 1.165) is 38.5 Å². The van der Waals surface area contributed by atoms with Gasteiger partial charge in [0, 0.05) is 13.1 Å². The molecule has 3 N–H and O–H groups in total. The number of ether oxygens (including phenoxy) is 1. The Bertz CT molecular complexity index is 714. The molecule has 0 bridgehead atoms. The molecule has 2 aliphatic rings. The predicted octanol–water partition coefficient (Wildman–Crippen LogP) is 3.56. The van der Waals surface area contributed by atoms with Gasteiger partial charge in [-0.2, -0.15) is 0 Å². The summed E-state index contributed by atoms with van der Waals surface area (Å²) >= 11 is 5.89. The van der Waals surface area contributed by atoms with Crippen molar-refractivity contribution < 1.29 is 19.4 Å². The van der Waals surface area contributed by atoms with Crippen molar-refractivity contribution in [1.82, 2.24) is 4.90 Å². The number of nitrogens with two attached hydrogens (primary N) is 1. The summed E-state index contributed by atoms with van der Waals surface area (Å²) in [5.74, 6) is 0.124. The average Bonchev–Trinajstić information content (AvgIpc) is 2.65. The van der Waals surface area contributed by atoms with Gasteiger partial charge in [0.05, 0.1) is 23.2 Å². The smallest absolute Gasteiger partial charge is 0.337 e. The third kappa shape index (κ3) is 4.78. The van der Waals surface area contributed by atoms with Gasteiger partial charge in [-0.15, -0.1) is 0 Å². The molecule has 0 saturated heterocycles. The lowest BCUT2D eigenvalue weighted by atomic mass is 9.78. The third-order valence-corrected chi connectivity index (χ3v) is 6.64. The Kier molecular flexibility index (Phi) is 6.83. The summed E-state index contributed by atoms with van der Waals surface area (Å²) in [5, 5.41) is 9.34. The van der Waals surface area contributed by atoms with Crippen LogP contribution in [0, 0.1) is 11.8 Å². The zero-order valence-electron chi connectivity index (χ0n) is 16.3. The maximum absolute atomic E-state index is 12.6. The van der Waals surface area contributed by atoms with Crippen molar-refractivity contribution in [3.8, 4) is 5.75 Å². The van der Waals surface area contributed by atoms with Crippen molar-refractivity contribution in [2.24, 2.45) is 17.6 Å². The van der Waals surface area contributed by atoms with E-state index in [9.17, 15) is 9.59 Å². The molecule has 28 heavy (non-hydrogen) atoms. The minimum Gasteiger partial charge on any atom is -0.493 e. The van der Waals surface area contributed by atoms with E-state index >= 15 is 0 Å². The van der Waals surface area contributed by atoms with E-state index < -0.39 is 12.0 Å². The fraction of sp³-hybridized carbons (Fsp3) is 0.619. The third-order valence-electron chi connectivity index (χ3n) is 6.31. The van der Waals surface area contributed by atoms with Crippen LogP contribution >= 0.6 is 11.6 Å². The first kappa shape index (κ1) is 20.9. The first-order chi connectivity index (χ1) is 13.4. The maximum atomic E-state index is 12.6. The van der Waals surface area contributed by atoms with Gasteiger partial charge in [-0.1, -0.05) is 11.6 Å². The second-order valence-electron chi connectivity index (χ2n) is 8.10. The van der Waals surface area contributed by atoms with Crippen LogP contribution < -0.4 is 10.5 Å². The molecule has 0 aromatic heterocycles. The Balaban J connectivity index is 1.46. The highest BCUT2D eigenvalue weighted by molar-refractivity contribution is 6.33. The number of carboxylic acids is 1. The van der Waals surface area contributed by atoms with Gasteiger partial charge < -0.3 is 20.5 Å². The lowest BCUT2D eigenvalue weighted by molar-refractivity contribution is -0.136. The van der Waals surface area contributed by atoms with E-state index in [1.165, 1.54) is 12.5 Å². The van der Waals surface area contributed by atoms with Crippen molar-refractivity contribution in [1.29, 1.82) is 0 Å². The lowest BCUT2D eigenvalue weighted by Gasteiger charge is -2.38. The first-order valence-electron chi connectivity index (χ1n) is 10.0. The second-order valence-corrected chi connectivity index (χ2v) is 8.51. The molecule has 0 aliphatic heterocycles. The number of carbonyl (C=O) groups is 2. The van der Waals surface area contributed by atoms with Crippen LogP contribution in [0.4, 0.5) is 0 Å². The monoisotopic (exact) mass is 408 g/mol. The second kappa shape index (κ2) is 9.14. The van der Waals surface area contributed by atoms with Gasteiger partial charge in [0.1, 0.15) is 5.75 Å². The van der Waals surface area contributed by atoms with E-state index in [-0.39, 0.29) is 22.4 Å². The van der Waals surface area contributed by atoms with E-state index in [4.69, 9.17) is 27.2 Å². The molecule has 0 unspecified atom stereocenters. The van der Waals surface area contributed by atoms with Gasteiger partial charge in [0.2, 0.25) is 5.91 Å². The van der Waals surface area contributed by atoms with Crippen molar-refractivity contribution in [2.75, 3.05) is 13.7 Å². The van der Waals surface area contributed by atoms with Gasteiger partial charge in [-0.3, -0.25) is 4.79 Å². The summed E-state index contributed by atoms with van der Waals surface area (Å²) < 4.78 is 5.80. The van der Waals surface area contributed by atoms with Gasteiger partial charge >= 0.3 is 5.97 Å². The molecular weight excluding hydrogens is 380 g/mol. The van der Waals surface area contributed by atoms with E-state index in [0.29, 0.717) is 24.3 Å². The van der Waals surface area contributed by atoms with Crippen LogP contribution in [0.3, 0.4) is 0 Å². The largest absolute Gasteiger partial charge is 0.493 e. The summed E-state index contributed by atoms with van der Waals surface area (Å²) in [6, 6.07) is 4.65.